The minimum absolute atomic E-state index is 0.251. The summed E-state index contributed by atoms with van der Waals surface area (Å²) in [6.45, 7) is 0.828. The maximum absolute atomic E-state index is 13.2. The Morgan fingerprint density at radius 2 is 0.841 bits per heavy atom. The molecule has 0 radical (unpaired) electrons. The number of para-hydroxylation sites is 2. The fourth-order valence-electron chi connectivity index (χ4n) is 8.17. The number of amides is 2. The van der Waals surface area contributed by atoms with Crippen molar-refractivity contribution in [1.29, 1.82) is 0 Å². The minimum Gasteiger partial charge on any atom is -0.494 e. The molecule has 2 aliphatic heterocycles. The Kier molecular flexibility index (Phi) is 14.3. The van der Waals surface area contributed by atoms with Crippen molar-refractivity contribution in [3.05, 3.63) is 145 Å². The molecule has 426 valence electrons. The number of hydrogen-bond acceptors (Lipinski definition) is 24. The highest BCUT2D eigenvalue weighted by molar-refractivity contribution is 8.05. The molecule has 6 N–H and O–H groups in total. The first-order valence-electron chi connectivity index (χ1n) is 23.3. The maximum atomic E-state index is 13.2. The SMILES string of the molecule is COc1cc(-c2ccc(N3N(c4ccc(C(=O)NC(C)(S(=O)(=O)O)S(=O)(=O)O)cc4)C=NN3c3nc4ccccc4s3)c(OC)c2)ccc1N1N(c2ccc(C(=O)NC(C)(S(=O)(=O)O)S(=O)(=O)O)cc2)C=NN1c1nc2ccccc2s1. The van der Waals surface area contributed by atoms with Crippen molar-refractivity contribution < 1.29 is 70.9 Å². The molecule has 0 saturated carbocycles. The number of aromatic nitrogens is 2. The number of carbonyl (C=O) groups excluding carboxylic acids is 2. The highest BCUT2D eigenvalue weighted by Gasteiger charge is 2.53. The van der Waals surface area contributed by atoms with E-state index in [1.165, 1.54) is 108 Å². The summed E-state index contributed by atoms with van der Waals surface area (Å²) in [5.74, 6) is -1.90. The number of methoxy groups -OCH3 is 2. The van der Waals surface area contributed by atoms with E-state index in [9.17, 15) is 61.5 Å². The van der Waals surface area contributed by atoms with Crippen molar-refractivity contribution in [3.63, 3.8) is 0 Å². The van der Waals surface area contributed by atoms with Gasteiger partial charge in [0.1, 0.15) is 35.6 Å². The molecule has 82 heavy (non-hydrogen) atoms. The van der Waals surface area contributed by atoms with Crippen molar-refractivity contribution in [2.75, 3.05) is 44.7 Å². The predicted octanol–water partition coefficient (Wildman–Crippen LogP) is 6.16. The van der Waals surface area contributed by atoms with Gasteiger partial charge in [-0.3, -0.25) is 27.8 Å². The number of anilines is 6. The average molecular weight is 1240 g/mol. The van der Waals surface area contributed by atoms with Gasteiger partial charge in [0.15, 0.2) is 0 Å². The molecular formula is C48H42N12O16S6. The number of nitrogens with zero attached hydrogens (tertiary/aromatic N) is 10. The van der Waals surface area contributed by atoms with Crippen LogP contribution in [0.5, 0.6) is 11.5 Å². The van der Waals surface area contributed by atoms with Gasteiger partial charge in [-0.1, -0.05) is 59.1 Å². The normalized spacial score (nSPS) is 14.3. The molecule has 6 aromatic carbocycles. The second kappa shape index (κ2) is 20.8. The van der Waals surface area contributed by atoms with Gasteiger partial charge in [-0.05, 0) is 122 Å². The fourth-order valence-corrected chi connectivity index (χ4v) is 13.0. The molecule has 0 unspecified atom stereocenters. The number of hydrogen-bond donors (Lipinski definition) is 6. The quantitative estimate of drug-likeness (QED) is 0.0556. The van der Waals surface area contributed by atoms with Crippen LogP contribution < -0.4 is 50.6 Å². The third kappa shape index (κ3) is 10.1. The highest BCUT2D eigenvalue weighted by atomic mass is 32.3. The molecule has 0 fully saturated rings. The third-order valence-corrected chi connectivity index (χ3v) is 21.7. The molecule has 4 heterocycles. The summed E-state index contributed by atoms with van der Waals surface area (Å²) >= 11 is 2.67. The number of rotatable bonds is 17. The van der Waals surface area contributed by atoms with Gasteiger partial charge in [-0.2, -0.15) is 43.9 Å². The Bertz CT molecular complexity index is 4000. The van der Waals surface area contributed by atoms with Crippen molar-refractivity contribution in [3.8, 4) is 22.6 Å². The summed E-state index contributed by atoms with van der Waals surface area (Å²) in [6.07, 6.45) is 2.91. The van der Waals surface area contributed by atoms with E-state index in [0.29, 0.717) is 80.5 Å². The van der Waals surface area contributed by atoms with Crippen LogP contribution in [-0.2, 0) is 40.5 Å². The van der Waals surface area contributed by atoms with Crippen LogP contribution in [0.3, 0.4) is 0 Å². The summed E-state index contributed by atoms with van der Waals surface area (Å²) in [6, 6.07) is 36.3. The number of hydrazine groups is 4. The first kappa shape index (κ1) is 56.7. The van der Waals surface area contributed by atoms with E-state index in [0.717, 1.165) is 9.40 Å². The van der Waals surface area contributed by atoms with E-state index in [4.69, 9.17) is 19.4 Å². The lowest BCUT2D eigenvalue weighted by atomic mass is 10.0. The van der Waals surface area contributed by atoms with Crippen LogP contribution in [0.1, 0.15) is 34.6 Å². The standard InChI is InChI=1S/C48H42N12O16S6/c1-47(79(63,64)65,80(66,67)68)53-43(61)29-13-19-33(20-14-29)55-27-49-57(45-51-35-9-5-7-11-41(35)77-45)59(55)37-23-17-31(25-39(37)75-3)32-18-24-38(40(26-32)76-4)60-56(28-50-58(60)46-52-36-10-6-8-12-42(36)78-46)34-21-15-30(16-22-34)44(62)54-48(2,81(69,70)71)82(72,73)74/h5-28H,1-4H3,(H,53,61)(H,54,62)(H,63,64,65)(H,66,67,68)(H,69,70,71)(H,72,73,74). The summed E-state index contributed by atoms with van der Waals surface area (Å²) < 4.78 is 142. The molecular weight excluding hydrogens is 1190 g/mol. The number of nitrogens with one attached hydrogen (secondary N) is 2. The summed E-state index contributed by atoms with van der Waals surface area (Å²) in [5.41, 5.74) is 3.69. The highest BCUT2D eigenvalue weighted by Crippen LogP contribution is 2.44. The zero-order valence-corrected chi connectivity index (χ0v) is 47.4. The van der Waals surface area contributed by atoms with Gasteiger partial charge in [-0.15, -0.1) is 20.4 Å². The van der Waals surface area contributed by atoms with Crippen LogP contribution in [0.15, 0.2) is 144 Å². The fraction of sp³-hybridized carbons (Fsp3) is 0.125. The third-order valence-electron chi connectivity index (χ3n) is 12.8. The van der Waals surface area contributed by atoms with E-state index < -0.39 is 60.7 Å². The molecule has 0 aliphatic carbocycles. The van der Waals surface area contributed by atoms with Crippen molar-refractivity contribution in [2.24, 2.45) is 10.2 Å². The number of hydrazone groups is 2. The largest absolute Gasteiger partial charge is 0.494 e. The minimum atomic E-state index is -5.59. The number of ether oxygens (including phenoxy) is 2. The van der Waals surface area contributed by atoms with Crippen LogP contribution in [0.4, 0.5) is 33.0 Å². The van der Waals surface area contributed by atoms with Crippen LogP contribution in [0, 0.1) is 0 Å². The Balaban J connectivity index is 0.993. The monoisotopic (exact) mass is 1230 g/mol. The van der Waals surface area contributed by atoms with Crippen molar-refractivity contribution in [2.45, 2.75) is 22.3 Å². The van der Waals surface area contributed by atoms with Gasteiger partial charge in [0.25, 0.3) is 20.2 Å². The molecule has 2 aliphatic rings. The molecule has 0 atom stereocenters. The Morgan fingerprint density at radius 3 is 1.16 bits per heavy atom. The van der Waals surface area contributed by atoms with Gasteiger partial charge < -0.3 is 20.1 Å². The Labute approximate surface area is 474 Å². The molecule has 28 nitrogen and oxygen atoms in total. The van der Waals surface area contributed by atoms with E-state index in [1.807, 2.05) is 48.5 Å². The Morgan fingerprint density at radius 1 is 0.500 bits per heavy atom. The number of thiazole rings is 2. The van der Waals surface area contributed by atoms with Gasteiger partial charge in [0.2, 0.25) is 10.3 Å². The summed E-state index contributed by atoms with van der Waals surface area (Å²) in [4.78, 5) is 36.1. The smallest absolute Gasteiger partial charge is 0.306 e. The molecule has 2 aromatic heterocycles. The lowest BCUT2D eigenvalue weighted by molar-refractivity contribution is 0.0933. The first-order chi connectivity index (χ1) is 38.6. The molecule has 0 saturated heterocycles. The average Bonchev–Trinajstić information content (AvgIpc) is 2.91. The molecule has 2 amide bonds. The van der Waals surface area contributed by atoms with Crippen molar-refractivity contribution in [1.82, 2.24) is 20.6 Å². The van der Waals surface area contributed by atoms with Crippen LogP contribution in [0.2, 0.25) is 0 Å². The first-order valence-corrected chi connectivity index (χ1v) is 30.7. The van der Waals surface area contributed by atoms with Crippen LogP contribution >= 0.6 is 22.7 Å². The second-order valence-corrected chi connectivity index (χ2v) is 27.4. The van der Waals surface area contributed by atoms with Crippen LogP contribution in [-0.4, -0.2) is 109 Å². The van der Waals surface area contributed by atoms with Gasteiger partial charge >= 0.3 is 40.5 Å². The zero-order valence-electron chi connectivity index (χ0n) is 42.5. The van der Waals surface area contributed by atoms with Gasteiger partial charge in [-0.25, -0.2) is 20.0 Å². The number of fused-ring (bicyclic) bond motifs is 2. The van der Waals surface area contributed by atoms with Crippen LogP contribution in [0.25, 0.3) is 31.6 Å². The molecule has 0 spiro atoms. The second-order valence-electron chi connectivity index (χ2n) is 17.8. The summed E-state index contributed by atoms with van der Waals surface area (Å²) in [7, 11) is -19.4. The maximum Gasteiger partial charge on any atom is 0.306 e. The lowest BCUT2D eigenvalue weighted by Crippen LogP contribution is -2.57. The molecule has 8 aromatic rings. The Hall–Kier alpha value is -8.58. The number of carbonyl (C=O) groups is 2. The summed E-state index contributed by atoms with van der Waals surface area (Å²) in [5, 5.41) is 23.0. The van der Waals surface area contributed by atoms with Gasteiger partial charge in [0.05, 0.1) is 46.0 Å². The van der Waals surface area contributed by atoms with E-state index in [1.54, 1.807) is 67.3 Å². The molecule has 34 heteroatoms. The predicted molar refractivity (Wildman–Crippen MR) is 307 cm³/mol. The van der Waals surface area contributed by atoms with E-state index in [2.05, 4.69) is 10.2 Å². The topological polar surface area (TPSA) is 364 Å². The zero-order chi connectivity index (χ0) is 58.9. The molecule has 10 rings (SSSR count). The van der Waals surface area contributed by atoms with Crippen molar-refractivity contribution >= 4 is 141 Å². The van der Waals surface area contributed by atoms with E-state index >= 15 is 0 Å². The lowest BCUT2D eigenvalue weighted by Gasteiger charge is -2.34. The molecule has 0 bridgehead atoms. The van der Waals surface area contributed by atoms with E-state index in [-0.39, 0.29) is 11.1 Å². The number of benzene rings is 6. The van der Waals surface area contributed by atoms with Gasteiger partial charge in [0, 0.05) is 11.1 Å².